The Hall–Kier alpha value is -2.41. The number of fused-ring (bicyclic) bond motifs is 1. The number of hydrogen-bond acceptors (Lipinski definition) is 4. The van der Waals surface area contributed by atoms with Gasteiger partial charge >= 0.3 is 12.0 Å². The van der Waals surface area contributed by atoms with Crippen LogP contribution < -0.4 is 15.5 Å². The van der Waals surface area contributed by atoms with E-state index < -0.39 is 12.1 Å². The fourth-order valence-corrected chi connectivity index (χ4v) is 3.91. The van der Waals surface area contributed by atoms with Crippen molar-refractivity contribution < 1.29 is 24.0 Å². The highest BCUT2D eigenvalue weighted by Gasteiger charge is 2.37. The Morgan fingerprint density at radius 2 is 1.85 bits per heavy atom. The van der Waals surface area contributed by atoms with Gasteiger partial charge in [0.15, 0.2) is 12.6 Å². The zero-order chi connectivity index (χ0) is 18.5. The fraction of sp³-hybridized carbons (Fsp3) is 0.526. The number of carbonyl (C=O) groups is 3. The Labute approximate surface area is 153 Å². The summed E-state index contributed by atoms with van der Waals surface area (Å²) in [6.45, 7) is 0.597. The van der Waals surface area contributed by atoms with Crippen LogP contribution in [0.2, 0.25) is 0 Å². The van der Waals surface area contributed by atoms with Crippen molar-refractivity contribution in [2.75, 3.05) is 13.7 Å². The molecular formula is C19H26N3O4+. The minimum Gasteiger partial charge on any atom is -0.465 e. The van der Waals surface area contributed by atoms with Crippen LogP contribution in [0.4, 0.5) is 4.79 Å². The van der Waals surface area contributed by atoms with Gasteiger partial charge in [0.05, 0.1) is 7.11 Å². The van der Waals surface area contributed by atoms with Crippen LogP contribution in [0.1, 0.15) is 36.8 Å². The number of esters is 1. The molecule has 1 aromatic rings. The Balaban J connectivity index is 1.61. The summed E-state index contributed by atoms with van der Waals surface area (Å²) in [6, 6.07) is 7.15. The number of quaternary nitrogens is 1. The van der Waals surface area contributed by atoms with Gasteiger partial charge in [-0.15, -0.1) is 0 Å². The molecular weight excluding hydrogens is 334 g/mol. The van der Waals surface area contributed by atoms with Gasteiger partial charge in [-0.1, -0.05) is 37.1 Å². The van der Waals surface area contributed by atoms with Crippen molar-refractivity contribution in [3.8, 4) is 0 Å². The molecule has 1 aromatic carbocycles. The van der Waals surface area contributed by atoms with E-state index in [1.807, 2.05) is 24.3 Å². The van der Waals surface area contributed by atoms with Crippen molar-refractivity contribution in [1.29, 1.82) is 0 Å². The van der Waals surface area contributed by atoms with Gasteiger partial charge < -0.3 is 15.0 Å². The molecule has 7 nitrogen and oxygen atoms in total. The van der Waals surface area contributed by atoms with Crippen LogP contribution in [0.25, 0.3) is 0 Å². The summed E-state index contributed by atoms with van der Waals surface area (Å²) in [4.78, 5) is 37.3. The van der Waals surface area contributed by atoms with E-state index in [9.17, 15) is 14.4 Å². The van der Waals surface area contributed by atoms with Crippen LogP contribution >= 0.6 is 0 Å². The summed E-state index contributed by atoms with van der Waals surface area (Å²) in [6.07, 6.45) is 4.66. The normalized spacial score (nSPS) is 22.3. The number of methoxy groups -OCH3 is 1. The number of benzene rings is 1. The SMILES string of the molecule is COC(=O)[C@@H]1Cc2ccccc2C[NH+]1CC(=O)NC(=O)NC1CCCC1. The molecule has 1 heterocycles. The van der Waals surface area contributed by atoms with Crippen molar-refractivity contribution in [2.45, 2.75) is 50.7 Å². The summed E-state index contributed by atoms with van der Waals surface area (Å²) in [5.74, 6) is -0.721. The molecule has 140 valence electrons. The van der Waals surface area contributed by atoms with Crippen LogP contribution in [-0.2, 0) is 27.3 Å². The predicted molar refractivity (Wildman–Crippen MR) is 94.4 cm³/mol. The first kappa shape index (κ1) is 18.4. The quantitative estimate of drug-likeness (QED) is 0.656. The summed E-state index contributed by atoms with van der Waals surface area (Å²) >= 11 is 0. The van der Waals surface area contributed by atoms with E-state index >= 15 is 0 Å². The molecule has 1 saturated carbocycles. The molecule has 1 fully saturated rings. The van der Waals surface area contributed by atoms with Crippen molar-refractivity contribution >= 4 is 17.9 Å². The molecule has 2 aliphatic rings. The number of hydrogen-bond donors (Lipinski definition) is 3. The summed E-state index contributed by atoms with van der Waals surface area (Å²) in [5, 5.41) is 5.23. The lowest BCUT2D eigenvalue weighted by Crippen LogP contribution is -3.17. The number of rotatable bonds is 4. The molecule has 1 unspecified atom stereocenters. The smallest absolute Gasteiger partial charge is 0.365 e. The number of carbonyl (C=O) groups excluding carboxylic acids is 3. The minimum atomic E-state index is -0.451. The van der Waals surface area contributed by atoms with Gasteiger partial charge in [-0.05, 0) is 18.4 Å². The van der Waals surface area contributed by atoms with E-state index in [1.165, 1.54) is 7.11 Å². The van der Waals surface area contributed by atoms with Crippen LogP contribution in [0.15, 0.2) is 24.3 Å². The van der Waals surface area contributed by atoms with E-state index in [-0.39, 0.29) is 24.5 Å². The molecule has 7 heteroatoms. The lowest BCUT2D eigenvalue weighted by Gasteiger charge is -2.31. The number of amides is 3. The first-order valence-corrected chi connectivity index (χ1v) is 9.16. The second kappa shape index (κ2) is 8.31. The lowest BCUT2D eigenvalue weighted by atomic mass is 9.94. The van der Waals surface area contributed by atoms with Crippen molar-refractivity contribution in [2.24, 2.45) is 0 Å². The molecule has 3 rings (SSSR count). The van der Waals surface area contributed by atoms with E-state index in [4.69, 9.17) is 4.74 Å². The third kappa shape index (κ3) is 4.40. The van der Waals surface area contributed by atoms with E-state index in [2.05, 4.69) is 10.6 Å². The number of imide groups is 1. The summed E-state index contributed by atoms with van der Waals surface area (Å²) < 4.78 is 4.92. The largest absolute Gasteiger partial charge is 0.465 e. The molecule has 0 radical (unpaired) electrons. The Morgan fingerprint density at radius 3 is 2.54 bits per heavy atom. The standard InChI is InChI=1S/C19H25N3O4/c1-26-18(24)16-10-13-6-2-3-7-14(13)11-22(16)12-17(23)21-19(25)20-15-8-4-5-9-15/h2-3,6-7,15-16H,4-5,8-12H2,1H3,(H2,20,21,23,25)/p+1/t16-/m0/s1. The van der Waals surface area contributed by atoms with Crippen LogP contribution in [-0.4, -0.2) is 43.6 Å². The first-order valence-electron chi connectivity index (χ1n) is 9.16. The molecule has 0 aromatic heterocycles. The third-order valence-corrected chi connectivity index (χ3v) is 5.27. The zero-order valence-electron chi connectivity index (χ0n) is 15.0. The zero-order valence-corrected chi connectivity index (χ0v) is 15.0. The van der Waals surface area contributed by atoms with Gasteiger partial charge in [-0.3, -0.25) is 10.1 Å². The molecule has 0 saturated heterocycles. The highest BCUT2D eigenvalue weighted by Crippen LogP contribution is 2.17. The average Bonchev–Trinajstić information content (AvgIpc) is 3.13. The highest BCUT2D eigenvalue weighted by molar-refractivity contribution is 5.95. The van der Waals surface area contributed by atoms with Gasteiger partial charge in [-0.25, -0.2) is 9.59 Å². The number of ether oxygens (including phenoxy) is 1. The van der Waals surface area contributed by atoms with Crippen LogP contribution in [0, 0.1) is 0 Å². The van der Waals surface area contributed by atoms with Gasteiger partial charge in [0.2, 0.25) is 0 Å². The molecule has 0 bridgehead atoms. The molecule has 1 aliphatic carbocycles. The topological polar surface area (TPSA) is 88.9 Å². The van der Waals surface area contributed by atoms with E-state index in [1.54, 1.807) is 0 Å². The van der Waals surface area contributed by atoms with Crippen LogP contribution in [0.5, 0.6) is 0 Å². The molecule has 2 atom stereocenters. The Morgan fingerprint density at radius 1 is 1.15 bits per heavy atom. The minimum absolute atomic E-state index is 0.0478. The Kier molecular flexibility index (Phi) is 5.88. The predicted octanol–water partition coefficient (Wildman–Crippen LogP) is -0.0624. The Bertz CT molecular complexity index is 685. The highest BCUT2D eigenvalue weighted by atomic mass is 16.5. The maximum Gasteiger partial charge on any atom is 0.365 e. The molecule has 26 heavy (non-hydrogen) atoms. The van der Waals surface area contributed by atoms with E-state index in [0.29, 0.717) is 13.0 Å². The molecule has 0 spiro atoms. The number of nitrogens with one attached hydrogen (secondary N) is 3. The second-order valence-corrected chi connectivity index (χ2v) is 7.06. The van der Waals surface area contributed by atoms with Crippen molar-refractivity contribution in [3.63, 3.8) is 0 Å². The van der Waals surface area contributed by atoms with E-state index in [0.717, 1.165) is 41.7 Å². The summed E-state index contributed by atoms with van der Waals surface area (Å²) in [7, 11) is 1.36. The van der Waals surface area contributed by atoms with Crippen LogP contribution in [0.3, 0.4) is 0 Å². The second-order valence-electron chi connectivity index (χ2n) is 7.06. The van der Waals surface area contributed by atoms with Gasteiger partial charge in [-0.2, -0.15) is 0 Å². The summed E-state index contributed by atoms with van der Waals surface area (Å²) in [5.41, 5.74) is 2.22. The van der Waals surface area contributed by atoms with Gasteiger partial charge in [0.25, 0.3) is 5.91 Å². The first-order chi connectivity index (χ1) is 12.6. The lowest BCUT2D eigenvalue weighted by molar-refractivity contribution is -0.924. The average molecular weight is 360 g/mol. The third-order valence-electron chi connectivity index (χ3n) is 5.27. The fourth-order valence-electron chi connectivity index (χ4n) is 3.91. The van der Waals surface area contributed by atoms with Gasteiger partial charge in [0.1, 0.15) is 6.54 Å². The van der Waals surface area contributed by atoms with Gasteiger partial charge in [0, 0.05) is 18.0 Å². The maximum atomic E-state index is 12.3. The maximum absolute atomic E-state index is 12.3. The molecule has 1 aliphatic heterocycles. The monoisotopic (exact) mass is 360 g/mol. The van der Waals surface area contributed by atoms with Crippen molar-refractivity contribution in [3.05, 3.63) is 35.4 Å². The molecule has 3 N–H and O–H groups in total. The van der Waals surface area contributed by atoms with Crippen molar-refractivity contribution in [1.82, 2.24) is 10.6 Å². The number of urea groups is 1. The molecule has 3 amide bonds.